The van der Waals surface area contributed by atoms with E-state index >= 15 is 0 Å². The molecule has 0 rings (SSSR count). The number of nitrogens with two attached hydrogens (primary N) is 1. The van der Waals surface area contributed by atoms with Gasteiger partial charge in [-0.3, -0.25) is 0 Å². The van der Waals surface area contributed by atoms with Crippen LogP contribution in [0.15, 0.2) is 12.2 Å². The molecule has 0 aromatic carbocycles. The zero-order valence-electron chi connectivity index (χ0n) is 7.41. The molecule has 0 unspecified atom stereocenters. The molecule has 0 fully saturated rings. The van der Waals surface area contributed by atoms with Crippen molar-refractivity contribution in [3.8, 4) is 0 Å². The molecular weight excluding hydrogens is 176 g/mol. The first kappa shape index (κ1) is 14.0. The zero-order valence-corrected chi connectivity index (χ0v) is 7.41. The highest BCUT2D eigenvalue weighted by atomic mass is 16.4. The average Bonchev–Trinajstić information content (AvgIpc) is 2.01. The standard InChI is InChI=1S/C4H6O2.C3H8N2O2/c1-3(2)4(5)6;4-3(7)5-1-2-6/h1H2,2H3,(H,5,6);6H,1-2H2,(H3,4,5,7). The molecule has 0 saturated heterocycles. The molecule has 0 aliphatic carbocycles. The largest absolute Gasteiger partial charge is 0.478 e. The summed E-state index contributed by atoms with van der Waals surface area (Å²) in [7, 11) is 0. The van der Waals surface area contributed by atoms with Crippen molar-refractivity contribution in [3.05, 3.63) is 12.2 Å². The van der Waals surface area contributed by atoms with E-state index in [0.29, 0.717) is 0 Å². The lowest BCUT2D eigenvalue weighted by Gasteiger charge is -1.92. The van der Waals surface area contributed by atoms with Gasteiger partial charge in [-0.25, -0.2) is 9.59 Å². The van der Waals surface area contributed by atoms with Crippen LogP contribution >= 0.6 is 0 Å². The molecule has 6 nitrogen and oxygen atoms in total. The van der Waals surface area contributed by atoms with Crippen molar-refractivity contribution in [1.82, 2.24) is 5.32 Å². The third kappa shape index (κ3) is 17.9. The van der Waals surface area contributed by atoms with E-state index in [0.717, 1.165) is 0 Å². The van der Waals surface area contributed by atoms with Crippen LogP contribution in [0.3, 0.4) is 0 Å². The number of aliphatic hydroxyl groups is 1. The van der Waals surface area contributed by atoms with E-state index in [2.05, 4.69) is 17.6 Å². The molecule has 0 spiro atoms. The number of nitrogens with one attached hydrogen (secondary N) is 1. The average molecular weight is 190 g/mol. The highest BCUT2D eigenvalue weighted by Gasteiger charge is 1.90. The second kappa shape index (κ2) is 8.54. The van der Waals surface area contributed by atoms with Gasteiger partial charge in [0.15, 0.2) is 0 Å². The molecule has 5 N–H and O–H groups in total. The predicted octanol–water partition coefficient (Wildman–Crippen LogP) is -0.706. The van der Waals surface area contributed by atoms with Crippen LogP contribution in [0.2, 0.25) is 0 Å². The molecule has 13 heavy (non-hydrogen) atoms. The maximum atomic E-state index is 9.76. The van der Waals surface area contributed by atoms with Crippen molar-refractivity contribution in [2.45, 2.75) is 6.92 Å². The molecule has 0 heterocycles. The number of carboxylic acid groups (broad SMARTS) is 1. The fourth-order valence-electron chi connectivity index (χ4n) is 0.179. The molecule has 0 saturated carbocycles. The molecule has 2 amide bonds. The van der Waals surface area contributed by atoms with E-state index in [9.17, 15) is 9.59 Å². The molecule has 0 bridgehead atoms. The number of aliphatic hydroxyl groups excluding tert-OH is 1. The van der Waals surface area contributed by atoms with Crippen molar-refractivity contribution in [2.24, 2.45) is 5.73 Å². The van der Waals surface area contributed by atoms with Gasteiger partial charge in [-0.05, 0) is 6.92 Å². The Hall–Kier alpha value is -1.56. The maximum absolute atomic E-state index is 9.76. The molecule has 0 radical (unpaired) electrons. The first-order chi connectivity index (χ1) is 5.91. The van der Waals surface area contributed by atoms with Gasteiger partial charge >= 0.3 is 12.0 Å². The Kier molecular flexibility index (Phi) is 9.19. The van der Waals surface area contributed by atoms with Gasteiger partial charge in [-0.1, -0.05) is 6.58 Å². The van der Waals surface area contributed by atoms with Gasteiger partial charge < -0.3 is 21.3 Å². The normalized spacial score (nSPS) is 7.85. The topological polar surface area (TPSA) is 113 Å². The van der Waals surface area contributed by atoms with Crippen LogP contribution < -0.4 is 11.1 Å². The minimum atomic E-state index is -0.935. The van der Waals surface area contributed by atoms with Crippen molar-refractivity contribution in [3.63, 3.8) is 0 Å². The quantitative estimate of drug-likeness (QED) is 0.440. The molecule has 0 atom stereocenters. The number of carbonyl (C=O) groups is 2. The smallest absolute Gasteiger partial charge is 0.330 e. The molecule has 0 aromatic heterocycles. The van der Waals surface area contributed by atoms with Crippen molar-refractivity contribution < 1.29 is 19.8 Å². The van der Waals surface area contributed by atoms with E-state index in [-0.39, 0.29) is 18.7 Å². The lowest BCUT2D eigenvalue weighted by molar-refractivity contribution is -0.132. The number of urea groups is 1. The van der Waals surface area contributed by atoms with Crippen LogP contribution in [0.25, 0.3) is 0 Å². The summed E-state index contributed by atoms with van der Waals surface area (Å²) in [6.07, 6.45) is 0. The number of rotatable bonds is 3. The Labute approximate surface area is 76.0 Å². The summed E-state index contributed by atoms with van der Waals surface area (Å²) >= 11 is 0. The van der Waals surface area contributed by atoms with E-state index in [1.54, 1.807) is 0 Å². The summed E-state index contributed by atoms with van der Waals surface area (Å²) in [5.41, 5.74) is 4.79. The number of aliphatic carboxylic acids is 1. The van der Waals surface area contributed by atoms with Crippen LogP contribution in [0.1, 0.15) is 6.92 Å². The fraction of sp³-hybridized carbons (Fsp3) is 0.429. The van der Waals surface area contributed by atoms with Gasteiger partial charge in [-0.15, -0.1) is 0 Å². The SMILES string of the molecule is C=C(C)C(=O)O.NC(=O)NCCO. The first-order valence-electron chi connectivity index (χ1n) is 3.44. The van der Waals surface area contributed by atoms with Crippen molar-refractivity contribution >= 4 is 12.0 Å². The van der Waals surface area contributed by atoms with E-state index < -0.39 is 12.0 Å². The van der Waals surface area contributed by atoms with E-state index in [1.165, 1.54) is 6.92 Å². The van der Waals surface area contributed by atoms with Crippen molar-refractivity contribution in [1.29, 1.82) is 0 Å². The van der Waals surface area contributed by atoms with Gasteiger partial charge in [-0.2, -0.15) is 0 Å². The van der Waals surface area contributed by atoms with Crippen LogP contribution in [0.5, 0.6) is 0 Å². The maximum Gasteiger partial charge on any atom is 0.330 e. The summed E-state index contributed by atoms with van der Waals surface area (Å²) < 4.78 is 0. The lowest BCUT2D eigenvalue weighted by atomic mass is 10.4. The van der Waals surface area contributed by atoms with Crippen LogP contribution in [-0.2, 0) is 4.79 Å². The molecule has 0 aromatic rings. The van der Waals surface area contributed by atoms with Crippen LogP contribution in [0, 0.1) is 0 Å². The Morgan fingerprint density at radius 2 is 1.92 bits per heavy atom. The third-order valence-corrected chi connectivity index (χ3v) is 0.776. The highest BCUT2D eigenvalue weighted by molar-refractivity contribution is 5.84. The predicted molar refractivity (Wildman–Crippen MR) is 47.1 cm³/mol. The second-order valence-corrected chi connectivity index (χ2v) is 2.10. The molecule has 0 aliphatic rings. The molecule has 0 aliphatic heterocycles. The van der Waals surface area contributed by atoms with Crippen molar-refractivity contribution in [2.75, 3.05) is 13.2 Å². The number of hydrogen-bond donors (Lipinski definition) is 4. The van der Waals surface area contributed by atoms with Crippen LogP contribution in [0.4, 0.5) is 4.79 Å². The Morgan fingerprint density at radius 3 is 2.00 bits per heavy atom. The van der Waals surface area contributed by atoms with Gasteiger partial charge in [0.05, 0.1) is 6.61 Å². The third-order valence-electron chi connectivity index (χ3n) is 0.776. The molecule has 76 valence electrons. The first-order valence-corrected chi connectivity index (χ1v) is 3.44. The van der Waals surface area contributed by atoms with Gasteiger partial charge in [0.25, 0.3) is 0 Å². The number of carboxylic acids is 1. The number of hydrogen-bond acceptors (Lipinski definition) is 3. The summed E-state index contributed by atoms with van der Waals surface area (Å²) in [5.74, 6) is -0.935. The molecule has 6 heteroatoms. The summed E-state index contributed by atoms with van der Waals surface area (Å²) in [6, 6.07) is -0.603. The Morgan fingerprint density at radius 1 is 1.54 bits per heavy atom. The lowest BCUT2D eigenvalue weighted by Crippen LogP contribution is -2.31. The Bertz CT molecular complexity index is 179. The van der Waals surface area contributed by atoms with Gasteiger partial charge in [0.1, 0.15) is 0 Å². The monoisotopic (exact) mass is 190 g/mol. The van der Waals surface area contributed by atoms with Crippen LogP contribution in [-0.4, -0.2) is 35.4 Å². The Balaban J connectivity index is 0. The number of amides is 2. The zero-order chi connectivity index (χ0) is 10.9. The van der Waals surface area contributed by atoms with Gasteiger partial charge in [0, 0.05) is 12.1 Å². The van der Waals surface area contributed by atoms with E-state index in [4.69, 9.17) is 10.2 Å². The molecular formula is C7H14N2O4. The minimum absolute atomic E-state index is 0.0665. The fourth-order valence-corrected chi connectivity index (χ4v) is 0.179. The number of primary amides is 1. The summed E-state index contributed by atoms with van der Waals surface area (Å²) in [4.78, 5) is 19.4. The minimum Gasteiger partial charge on any atom is -0.478 e. The summed E-state index contributed by atoms with van der Waals surface area (Å²) in [6.45, 7) is 4.77. The summed E-state index contributed by atoms with van der Waals surface area (Å²) in [5, 5.41) is 18.1. The highest BCUT2D eigenvalue weighted by Crippen LogP contribution is 1.81. The number of carbonyl (C=O) groups excluding carboxylic acids is 1. The second-order valence-electron chi connectivity index (χ2n) is 2.10. The van der Waals surface area contributed by atoms with E-state index in [1.807, 2.05) is 0 Å². The van der Waals surface area contributed by atoms with Gasteiger partial charge in [0.2, 0.25) is 0 Å².